The van der Waals surface area contributed by atoms with E-state index in [-0.39, 0.29) is 5.76 Å². The average molecular weight is 254 g/mol. The second kappa shape index (κ2) is 7.15. The molecule has 0 aliphatic heterocycles. The summed E-state index contributed by atoms with van der Waals surface area (Å²) in [6.07, 6.45) is 1.07. The van der Waals surface area contributed by atoms with E-state index < -0.39 is 5.91 Å². The van der Waals surface area contributed by atoms with Gasteiger partial charge >= 0.3 is 5.91 Å². The molecule has 0 radical (unpaired) electrons. The van der Waals surface area contributed by atoms with Gasteiger partial charge in [-0.25, -0.2) is 5.84 Å². The number of nitrogen functional groups attached to an aromatic ring is 1. The number of furan rings is 1. The lowest BCUT2D eigenvalue weighted by Crippen LogP contribution is -2.30. The molecule has 0 saturated carbocycles. The van der Waals surface area contributed by atoms with Crippen molar-refractivity contribution in [2.45, 2.75) is 19.9 Å². The molecule has 0 aliphatic rings. The number of carbonyl (C=O) groups is 1. The maximum Gasteiger partial charge on any atom is 0.301 e. The van der Waals surface area contributed by atoms with E-state index in [2.05, 4.69) is 15.6 Å². The lowest BCUT2D eigenvalue weighted by molar-refractivity contribution is 0.0921. The highest BCUT2D eigenvalue weighted by atomic mass is 16.4. The van der Waals surface area contributed by atoms with Gasteiger partial charge < -0.3 is 9.73 Å². The molecular formula is C12H22N4O2. The largest absolute Gasteiger partial charge is 0.454 e. The Bertz CT molecular complexity index is 389. The zero-order chi connectivity index (χ0) is 13.5. The first-order valence-corrected chi connectivity index (χ1v) is 6.02. The van der Waals surface area contributed by atoms with Crippen molar-refractivity contribution in [2.75, 3.05) is 27.2 Å². The predicted octanol–water partition coefficient (Wildman–Crippen LogP) is 0.233. The van der Waals surface area contributed by atoms with Gasteiger partial charge in [0.2, 0.25) is 0 Å². The lowest BCUT2D eigenvalue weighted by atomic mass is 10.2. The normalized spacial score (nSPS) is 10.9. The van der Waals surface area contributed by atoms with Crippen molar-refractivity contribution < 1.29 is 9.21 Å². The SMILES string of the molecule is CNCCCN(C)Cc1cc(C)c(C(=O)NN)o1. The highest BCUT2D eigenvalue weighted by Crippen LogP contribution is 2.15. The van der Waals surface area contributed by atoms with Crippen molar-refractivity contribution in [3.63, 3.8) is 0 Å². The van der Waals surface area contributed by atoms with Crippen LogP contribution in [-0.4, -0.2) is 38.0 Å². The summed E-state index contributed by atoms with van der Waals surface area (Å²) in [6.45, 7) is 4.47. The summed E-state index contributed by atoms with van der Waals surface area (Å²) in [6, 6.07) is 1.87. The number of rotatable bonds is 7. The second-order valence-corrected chi connectivity index (χ2v) is 4.39. The van der Waals surface area contributed by atoms with E-state index in [1.54, 1.807) is 0 Å². The molecular weight excluding hydrogens is 232 g/mol. The van der Waals surface area contributed by atoms with Gasteiger partial charge in [0, 0.05) is 5.56 Å². The number of amides is 1. The summed E-state index contributed by atoms with van der Waals surface area (Å²) in [5.74, 6) is 5.76. The van der Waals surface area contributed by atoms with Crippen molar-refractivity contribution in [2.24, 2.45) is 5.84 Å². The molecule has 0 bridgehead atoms. The monoisotopic (exact) mass is 254 g/mol. The van der Waals surface area contributed by atoms with Crippen LogP contribution in [0.15, 0.2) is 10.5 Å². The summed E-state index contributed by atoms with van der Waals surface area (Å²) in [4.78, 5) is 13.5. The highest BCUT2D eigenvalue weighted by Gasteiger charge is 2.15. The van der Waals surface area contributed by atoms with Gasteiger partial charge in [0.15, 0.2) is 5.76 Å². The highest BCUT2D eigenvalue weighted by molar-refractivity contribution is 5.92. The van der Waals surface area contributed by atoms with Crippen molar-refractivity contribution in [1.82, 2.24) is 15.6 Å². The van der Waals surface area contributed by atoms with Crippen molar-refractivity contribution in [3.05, 3.63) is 23.2 Å². The molecule has 1 aromatic heterocycles. The zero-order valence-corrected chi connectivity index (χ0v) is 11.2. The number of hydrogen-bond acceptors (Lipinski definition) is 5. The van der Waals surface area contributed by atoms with Crippen LogP contribution in [0.2, 0.25) is 0 Å². The minimum atomic E-state index is -0.392. The van der Waals surface area contributed by atoms with Crippen LogP contribution < -0.4 is 16.6 Å². The Morgan fingerprint density at radius 1 is 1.56 bits per heavy atom. The minimum Gasteiger partial charge on any atom is -0.454 e. The fourth-order valence-corrected chi connectivity index (χ4v) is 1.79. The van der Waals surface area contributed by atoms with E-state index in [0.29, 0.717) is 6.54 Å². The van der Waals surface area contributed by atoms with Gasteiger partial charge in [0.05, 0.1) is 6.54 Å². The van der Waals surface area contributed by atoms with E-state index in [0.717, 1.165) is 30.8 Å². The standard InChI is InChI=1S/C12H22N4O2/c1-9-7-10(18-11(9)12(17)15-13)8-16(3)6-4-5-14-2/h7,14H,4-6,8,13H2,1-3H3,(H,15,17). The number of hydrazine groups is 1. The molecule has 0 aromatic carbocycles. The first-order chi connectivity index (χ1) is 8.58. The molecule has 0 aliphatic carbocycles. The van der Waals surface area contributed by atoms with Crippen LogP contribution in [0.4, 0.5) is 0 Å². The van der Waals surface area contributed by atoms with E-state index in [4.69, 9.17) is 10.3 Å². The minimum absolute atomic E-state index is 0.288. The summed E-state index contributed by atoms with van der Waals surface area (Å²) >= 11 is 0. The summed E-state index contributed by atoms with van der Waals surface area (Å²) in [7, 11) is 3.96. The van der Waals surface area contributed by atoms with Crippen LogP contribution in [0.5, 0.6) is 0 Å². The Morgan fingerprint density at radius 2 is 2.28 bits per heavy atom. The first kappa shape index (κ1) is 14.7. The molecule has 1 rings (SSSR count). The van der Waals surface area contributed by atoms with Gasteiger partial charge in [-0.3, -0.25) is 15.1 Å². The zero-order valence-electron chi connectivity index (χ0n) is 11.2. The van der Waals surface area contributed by atoms with Crippen LogP contribution >= 0.6 is 0 Å². The topological polar surface area (TPSA) is 83.5 Å². The van der Waals surface area contributed by atoms with Gasteiger partial charge in [-0.2, -0.15) is 0 Å². The van der Waals surface area contributed by atoms with Gasteiger partial charge in [0.25, 0.3) is 0 Å². The van der Waals surface area contributed by atoms with Crippen molar-refractivity contribution >= 4 is 5.91 Å². The molecule has 0 spiro atoms. The number of nitrogens with two attached hydrogens (primary N) is 1. The molecule has 1 amide bonds. The fourth-order valence-electron chi connectivity index (χ4n) is 1.79. The smallest absolute Gasteiger partial charge is 0.301 e. The summed E-state index contributed by atoms with van der Waals surface area (Å²) in [5.41, 5.74) is 2.88. The van der Waals surface area contributed by atoms with Gasteiger partial charge in [-0.05, 0) is 46.6 Å². The molecule has 0 fully saturated rings. The van der Waals surface area contributed by atoms with E-state index in [1.807, 2.05) is 27.1 Å². The molecule has 1 heterocycles. The predicted molar refractivity (Wildman–Crippen MR) is 70.0 cm³/mol. The second-order valence-electron chi connectivity index (χ2n) is 4.39. The third-order valence-corrected chi connectivity index (χ3v) is 2.70. The molecule has 4 N–H and O–H groups in total. The quantitative estimate of drug-likeness (QED) is 0.281. The Morgan fingerprint density at radius 3 is 2.89 bits per heavy atom. The molecule has 0 saturated heterocycles. The molecule has 102 valence electrons. The number of nitrogens with one attached hydrogen (secondary N) is 2. The number of hydrogen-bond donors (Lipinski definition) is 3. The molecule has 0 unspecified atom stereocenters. The number of nitrogens with zero attached hydrogens (tertiary/aromatic N) is 1. The van der Waals surface area contributed by atoms with Crippen LogP contribution in [-0.2, 0) is 6.54 Å². The van der Waals surface area contributed by atoms with Gasteiger partial charge in [0.1, 0.15) is 5.76 Å². The third-order valence-electron chi connectivity index (χ3n) is 2.70. The Hall–Kier alpha value is -1.37. The Balaban J connectivity index is 2.54. The average Bonchev–Trinajstić information content (AvgIpc) is 2.69. The van der Waals surface area contributed by atoms with E-state index in [1.165, 1.54) is 0 Å². The van der Waals surface area contributed by atoms with Crippen molar-refractivity contribution in [3.8, 4) is 0 Å². The fraction of sp³-hybridized carbons (Fsp3) is 0.583. The summed E-state index contributed by atoms with van der Waals surface area (Å²) in [5, 5.41) is 3.11. The maximum atomic E-state index is 11.4. The van der Waals surface area contributed by atoms with E-state index in [9.17, 15) is 4.79 Å². The molecule has 6 nitrogen and oxygen atoms in total. The third kappa shape index (κ3) is 4.14. The van der Waals surface area contributed by atoms with Crippen LogP contribution in [0.3, 0.4) is 0 Å². The molecule has 6 heteroatoms. The Kier molecular flexibility index (Phi) is 5.84. The summed E-state index contributed by atoms with van der Waals surface area (Å²) < 4.78 is 5.49. The Labute approximate surface area is 107 Å². The molecule has 18 heavy (non-hydrogen) atoms. The molecule has 1 aromatic rings. The van der Waals surface area contributed by atoms with Gasteiger partial charge in [-0.1, -0.05) is 0 Å². The van der Waals surface area contributed by atoms with Crippen LogP contribution in [0.25, 0.3) is 0 Å². The van der Waals surface area contributed by atoms with Crippen LogP contribution in [0, 0.1) is 6.92 Å². The lowest BCUT2D eigenvalue weighted by Gasteiger charge is -2.14. The number of carbonyl (C=O) groups excluding carboxylic acids is 1. The van der Waals surface area contributed by atoms with Crippen LogP contribution in [0.1, 0.15) is 28.3 Å². The van der Waals surface area contributed by atoms with Gasteiger partial charge in [-0.15, -0.1) is 0 Å². The van der Waals surface area contributed by atoms with E-state index >= 15 is 0 Å². The maximum absolute atomic E-state index is 11.4. The first-order valence-electron chi connectivity index (χ1n) is 6.02. The number of aryl methyl sites for hydroxylation is 1. The molecule has 0 atom stereocenters. The van der Waals surface area contributed by atoms with Crippen molar-refractivity contribution in [1.29, 1.82) is 0 Å².